The van der Waals surface area contributed by atoms with Gasteiger partial charge in [-0.05, 0) is 30.2 Å². The van der Waals surface area contributed by atoms with Gasteiger partial charge in [0.1, 0.15) is 0 Å². The Balaban J connectivity index is 1.62. The van der Waals surface area contributed by atoms with Crippen molar-refractivity contribution in [3.05, 3.63) is 75.4 Å². The molecule has 1 aromatic carbocycles. The molecule has 6 heteroatoms. The summed E-state index contributed by atoms with van der Waals surface area (Å²) in [6.45, 7) is 2.00. The van der Waals surface area contributed by atoms with Crippen molar-refractivity contribution >= 4 is 0 Å². The SMILES string of the molecule is N#Cc1ccccc1CN1CCc2c(nc(-c3ccco3)[nH]c2=O)C1. The lowest BCUT2D eigenvalue weighted by atomic mass is 10.0. The number of nitriles is 1. The van der Waals surface area contributed by atoms with E-state index >= 15 is 0 Å². The number of nitrogens with zero attached hydrogens (tertiary/aromatic N) is 3. The number of furan rings is 1. The average Bonchev–Trinajstić information content (AvgIpc) is 3.16. The number of fused-ring (bicyclic) bond motifs is 1. The molecule has 124 valence electrons. The Morgan fingerprint density at radius 3 is 2.96 bits per heavy atom. The predicted octanol–water partition coefficient (Wildman–Crippen LogP) is 2.46. The molecule has 0 amide bonds. The van der Waals surface area contributed by atoms with E-state index in [4.69, 9.17) is 4.42 Å². The van der Waals surface area contributed by atoms with E-state index in [9.17, 15) is 10.1 Å². The van der Waals surface area contributed by atoms with E-state index < -0.39 is 0 Å². The lowest BCUT2D eigenvalue weighted by molar-refractivity contribution is 0.240. The topological polar surface area (TPSA) is 85.9 Å². The van der Waals surface area contributed by atoms with Crippen molar-refractivity contribution in [1.29, 1.82) is 5.26 Å². The van der Waals surface area contributed by atoms with Crippen LogP contribution in [0.1, 0.15) is 22.4 Å². The first-order valence-electron chi connectivity index (χ1n) is 8.11. The third-order valence-electron chi connectivity index (χ3n) is 4.44. The van der Waals surface area contributed by atoms with E-state index in [1.807, 2.05) is 24.3 Å². The fourth-order valence-corrected chi connectivity index (χ4v) is 3.17. The second kappa shape index (κ2) is 6.38. The summed E-state index contributed by atoms with van der Waals surface area (Å²) in [5, 5.41) is 9.25. The third-order valence-corrected chi connectivity index (χ3v) is 4.44. The Kier molecular flexibility index (Phi) is 3.92. The normalized spacial score (nSPS) is 14.0. The van der Waals surface area contributed by atoms with Crippen molar-refractivity contribution in [3.63, 3.8) is 0 Å². The van der Waals surface area contributed by atoms with Gasteiger partial charge in [-0.25, -0.2) is 4.98 Å². The zero-order valence-corrected chi connectivity index (χ0v) is 13.5. The van der Waals surface area contributed by atoms with Crippen molar-refractivity contribution < 1.29 is 4.42 Å². The molecule has 1 aliphatic rings. The van der Waals surface area contributed by atoms with Gasteiger partial charge in [-0.3, -0.25) is 9.69 Å². The van der Waals surface area contributed by atoms with Crippen LogP contribution in [-0.4, -0.2) is 21.4 Å². The number of aromatic nitrogens is 2. The quantitative estimate of drug-likeness (QED) is 0.796. The number of nitrogens with one attached hydrogen (secondary N) is 1. The Labute approximate surface area is 144 Å². The summed E-state index contributed by atoms with van der Waals surface area (Å²) in [6.07, 6.45) is 2.20. The molecular formula is C19H16N4O2. The van der Waals surface area contributed by atoms with Crippen LogP contribution in [0.15, 0.2) is 51.9 Å². The Morgan fingerprint density at radius 2 is 2.16 bits per heavy atom. The van der Waals surface area contributed by atoms with Gasteiger partial charge in [0.15, 0.2) is 11.6 Å². The number of H-pyrrole nitrogens is 1. The second-order valence-electron chi connectivity index (χ2n) is 6.05. The molecule has 0 radical (unpaired) electrons. The highest BCUT2D eigenvalue weighted by molar-refractivity contribution is 5.47. The van der Waals surface area contributed by atoms with Crippen LogP contribution >= 0.6 is 0 Å². The van der Waals surface area contributed by atoms with Crippen LogP contribution in [0.4, 0.5) is 0 Å². The number of rotatable bonds is 3. The Morgan fingerprint density at radius 1 is 1.28 bits per heavy atom. The van der Waals surface area contributed by atoms with E-state index in [1.165, 1.54) is 0 Å². The molecule has 25 heavy (non-hydrogen) atoms. The molecule has 3 aromatic rings. The van der Waals surface area contributed by atoms with Gasteiger partial charge >= 0.3 is 0 Å². The summed E-state index contributed by atoms with van der Waals surface area (Å²) in [6, 6.07) is 13.4. The van der Waals surface area contributed by atoms with Crippen molar-refractivity contribution in [2.45, 2.75) is 19.5 Å². The second-order valence-corrected chi connectivity index (χ2v) is 6.05. The van der Waals surface area contributed by atoms with Gasteiger partial charge in [-0.2, -0.15) is 5.26 Å². The van der Waals surface area contributed by atoms with Gasteiger partial charge < -0.3 is 9.40 Å². The van der Waals surface area contributed by atoms with Gasteiger partial charge in [-0.15, -0.1) is 0 Å². The molecule has 6 nitrogen and oxygen atoms in total. The van der Waals surface area contributed by atoms with Crippen LogP contribution in [0, 0.1) is 11.3 Å². The average molecular weight is 332 g/mol. The zero-order valence-electron chi connectivity index (χ0n) is 13.5. The van der Waals surface area contributed by atoms with Crippen LogP contribution in [0.5, 0.6) is 0 Å². The molecule has 4 rings (SSSR count). The number of hydrogen-bond acceptors (Lipinski definition) is 5. The third kappa shape index (κ3) is 2.97. The van der Waals surface area contributed by atoms with Crippen LogP contribution in [0.2, 0.25) is 0 Å². The van der Waals surface area contributed by atoms with E-state index in [2.05, 4.69) is 20.9 Å². The highest BCUT2D eigenvalue weighted by atomic mass is 16.3. The molecule has 0 aliphatic carbocycles. The largest absolute Gasteiger partial charge is 0.461 e. The Bertz CT molecular complexity index is 999. The fraction of sp³-hybridized carbons (Fsp3) is 0.211. The maximum absolute atomic E-state index is 12.3. The van der Waals surface area contributed by atoms with E-state index in [0.717, 1.165) is 23.4 Å². The first kappa shape index (κ1) is 15.4. The van der Waals surface area contributed by atoms with E-state index in [-0.39, 0.29) is 5.56 Å². The molecule has 0 spiro atoms. The molecule has 3 heterocycles. The van der Waals surface area contributed by atoms with Crippen LogP contribution in [0.3, 0.4) is 0 Å². The first-order valence-corrected chi connectivity index (χ1v) is 8.11. The molecule has 1 aliphatic heterocycles. The summed E-state index contributed by atoms with van der Waals surface area (Å²) in [4.78, 5) is 21.9. The molecule has 0 unspecified atom stereocenters. The van der Waals surface area contributed by atoms with Gasteiger partial charge in [0, 0.05) is 25.2 Å². The van der Waals surface area contributed by atoms with Crippen LogP contribution in [0.25, 0.3) is 11.6 Å². The fourth-order valence-electron chi connectivity index (χ4n) is 3.17. The van der Waals surface area contributed by atoms with Gasteiger partial charge in [0.2, 0.25) is 0 Å². The number of benzene rings is 1. The number of aromatic amines is 1. The minimum Gasteiger partial charge on any atom is -0.461 e. The smallest absolute Gasteiger partial charge is 0.254 e. The first-order chi connectivity index (χ1) is 12.2. The van der Waals surface area contributed by atoms with Gasteiger partial charge in [0.25, 0.3) is 5.56 Å². The summed E-state index contributed by atoms with van der Waals surface area (Å²) < 4.78 is 5.34. The summed E-state index contributed by atoms with van der Waals surface area (Å²) in [7, 11) is 0. The van der Waals surface area contributed by atoms with Crippen molar-refractivity contribution in [2.24, 2.45) is 0 Å². The molecule has 0 fully saturated rings. The molecular weight excluding hydrogens is 316 g/mol. The zero-order chi connectivity index (χ0) is 17.2. The van der Waals surface area contributed by atoms with Crippen molar-refractivity contribution in [1.82, 2.24) is 14.9 Å². The minimum absolute atomic E-state index is 0.103. The van der Waals surface area contributed by atoms with Gasteiger partial charge in [0.05, 0.1) is 23.6 Å². The Hall–Kier alpha value is -3.17. The van der Waals surface area contributed by atoms with Crippen LogP contribution < -0.4 is 5.56 Å². The van der Waals surface area contributed by atoms with E-state index in [0.29, 0.717) is 36.7 Å². The molecule has 0 saturated carbocycles. The highest BCUT2D eigenvalue weighted by Gasteiger charge is 2.22. The molecule has 0 bridgehead atoms. The van der Waals surface area contributed by atoms with Crippen molar-refractivity contribution in [2.75, 3.05) is 6.54 Å². The van der Waals surface area contributed by atoms with Crippen molar-refractivity contribution in [3.8, 4) is 17.7 Å². The maximum Gasteiger partial charge on any atom is 0.254 e. The standard InChI is InChI=1S/C19H16N4O2/c20-10-13-4-1-2-5-14(13)11-23-8-7-15-16(12-23)21-18(22-19(15)24)17-6-3-9-25-17/h1-6,9H,7-8,11-12H2,(H,21,22,24). The van der Waals surface area contributed by atoms with Crippen LogP contribution in [-0.2, 0) is 19.5 Å². The molecule has 0 atom stereocenters. The minimum atomic E-state index is -0.103. The predicted molar refractivity (Wildman–Crippen MR) is 91.5 cm³/mol. The summed E-state index contributed by atoms with van der Waals surface area (Å²) in [5.41, 5.74) is 3.08. The lowest BCUT2D eigenvalue weighted by Gasteiger charge is -2.27. The monoisotopic (exact) mass is 332 g/mol. The molecule has 1 N–H and O–H groups in total. The van der Waals surface area contributed by atoms with Gasteiger partial charge in [-0.1, -0.05) is 18.2 Å². The van der Waals surface area contributed by atoms with E-state index in [1.54, 1.807) is 18.4 Å². The summed E-state index contributed by atoms with van der Waals surface area (Å²) >= 11 is 0. The molecule has 2 aromatic heterocycles. The maximum atomic E-state index is 12.3. The number of hydrogen-bond donors (Lipinski definition) is 1. The highest BCUT2D eigenvalue weighted by Crippen LogP contribution is 2.21. The lowest BCUT2D eigenvalue weighted by Crippen LogP contribution is -2.35. The summed E-state index contributed by atoms with van der Waals surface area (Å²) in [5.74, 6) is 1.000. The molecule has 0 saturated heterocycles.